The van der Waals surface area contributed by atoms with Gasteiger partial charge in [0.05, 0.1) is 6.10 Å². The van der Waals surface area contributed by atoms with Gasteiger partial charge in [0, 0.05) is 6.61 Å². The van der Waals surface area contributed by atoms with Crippen LogP contribution in [-0.4, -0.2) is 22.9 Å². The summed E-state index contributed by atoms with van der Waals surface area (Å²) in [6.07, 6.45) is 7.90. The summed E-state index contributed by atoms with van der Waals surface area (Å²) in [5.74, 6) is 1.58. The maximum Gasteiger partial charge on any atom is 0.0783 e. The van der Waals surface area contributed by atoms with Crippen LogP contribution in [-0.2, 0) is 0 Å². The summed E-state index contributed by atoms with van der Waals surface area (Å²) >= 11 is 0. The monoisotopic (exact) mass is 306 g/mol. The van der Waals surface area contributed by atoms with Gasteiger partial charge in [-0.1, -0.05) is 39.7 Å². The van der Waals surface area contributed by atoms with Crippen molar-refractivity contribution in [2.24, 2.45) is 28.6 Å². The first kappa shape index (κ1) is 16.5. The first-order valence-corrected chi connectivity index (χ1v) is 9.35. The Balaban J connectivity index is 1.98. The topological polar surface area (TPSA) is 40.5 Å². The van der Waals surface area contributed by atoms with Crippen LogP contribution >= 0.6 is 0 Å². The van der Waals surface area contributed by atoms with Crippen molar-refractivity contribution in [3.05, 3.63) is 11.1 Å². The van der Waals surface area contributed by atoms with Crippen molar-refractivity contribution in [2.45, 2.75) is 78.7 Å². The lowest BCUT2D eigenvalue weighted by Crippen LogP contribution is -2.50. The molecule has 3 aliphatic rings. The van der Waals surface area contributed by atoms with E-state index in [1.807, 2.05) is 0 Å². The fourth-order valence-corrected chi connectivity index (χ4v) is 6.21. The zero-order chi connectivity index (χ0) is 16.1. The molecule has 2 unspecified atom stereocenters. The molecule has 0 aliphatic heterocycles. The van der Waals surface area contributed by atoms with E-state index in [4.69, 9.17) is 0 Å². The summed E-state index contributed by atoms with van der Waals surface area (Å²) in [6.45, 7) is 9.53. The van der Waals surface area contributed by atoms with Crippen molar-refractivity contribution < 1.29 is 10.2 Å². The summed E-state index contributed by atoms with van der Waals surface area (Å²) in [6, 6.07) is 0. The van der Waals surface area contributed by atoms with Crippen molar-refractivity contribution in [3.63, 3.8) is 0 Å². The van der Waals surface area contributed by atoms with Crippen molar-refractivity contribution in [1.82, 2.24) is 0 Å². The molecule has 2 nitrogen and oxygen atoms in total. The highest BCUT2D eigenvalue weighted by Crippen LogP contribution is 2.62. The fourth-order valence-electron chi connectivity index (χ4n) is 6.21. The normalized spacial score (nSPS) is 45.7. The van der Waals surface area contributed by atoms with Crippen molar-refractivity contribution >= 4 is 0 Å². The summed E-state index contributed by atoms with van der Waals surface area (Å²) in [7, 11) is 0. The molecule has 0 bridgehead atoms. The molecule has 0 radical (unpaired) electrons. The third-order valence-electron chi connectivity index (χ3n) is 7.54. The number of allylic oxidation sites excluding steroid dienone is 1. The van der Waals surface area contributed by atoms with Crippen LogP contribution in [0.25, 0.3) is 0 Å². The predicted molar refractivity (Wildman–Crippen MR) is 90.5 cm³/mol. The minimum atomic E-state index is -0.219. The SMILES string of the molecule is CC(C)[C@@H]1CCC2=C(CCC3[C@](C)(CO)CCC[C@]23C)C1O. The smallest absolute Gasteiger partial charge is 0.0783 e. The molecule has 3 rings (SSSR count). The summed E-state index contributed by atoms with van der Waals surface area (Å²) in [5.41, 5.74) is 3.25. The molecule has 0 aromatic carbocycles. The lowest BCUT2D eigenvalue weighted by atomic mass is 9.48. The Hall–Kier alpha value is -0.340. The second-order valence-electron chi connectivity index (χ2n) is 9.07. The number of fused-ring (bicyclic) bond motifs is 2. The van der Waals surface area contributed by atoms with Gasteiger partial charge in [-0.25, -0.2) is 0 Å². The van der Waals surface area contributed by atoms with Gasteiger partial charge in [-0.05, 0) is 72.7 Å². The first-order valence-electron chi connectivity index (χ1n) is 9.35. The fraction of sp³-hybridized carbons (Fsp3) is 0.900. The molecule has 0 saturated heterocycles. The van der Waals surface area contributed by atoms with Gasteiger partial charge in [-0.3, -0.25) is 0 Å². The van der Waals surface area contributed by atoms with Crippen LogP contribution in [0.15, 0.2) is 11.1 Å². The largest absolute Gasteiger partial charge is 0.396 e. The predicted octanol–water partition coefficient (Wildman–Crippen LogP) is 4.31. The highest BCUT2D eigenvalue weighted by molar-refractivity contribution is 5.33. The Morgan fingerprint density at radius 3 is 2.50 bits per heavy atom. The number of hydrogen-bond donors (Lipinski definition) is 2. The molecule has 0 aromatic heterocycles. The van der Waals surface area contributed by atoms with Crippen LogP contribution in [0.3, 0.4) is 0 Å². The van der Waals surface area contributed by atoms with Crippen LogP contribution in [0, 0.1) is 28.6 Å². The van der Waals surface area contributed by atoms with Gasteiger partial charge in [-0.15, -0.1) is 0 Å². The number of aliphatic hydroxyl groups is 2. The molecule has 5 atom stereocenters. The maximum atomic E-state index is 10.9. The number of rotatable bonds is 2. The van der Waals surface area contributed by atoms with Gasteiger partial charge >= 0.3 is 0 Å². The van der Waals surface area contributed by atoms with E-state index in [1.54, 1.807) is 5.57 Å². The highest BCUT2D eigenvalue weighted by atomic mass is 16.3. The third-order valence-corrected chi connectivity index (χ3v) is 7.54. The molecular weight excluding hydrogens is 272 g/mol. The van der Waals surface area contributed by atoms with E-state index in [1.165, 1.54) is 24.8 Å². The van der Waals surface area contributed by atoms with Crippen LogP contribution in [0.2, 0.25) is 0 Å². The van der Waals surface area contributed by atoms with E-state index < -0.39 is 0 Å². The van der Waals surface area contributed by atoms with E-state index in [-0.39, 0.29) is 16.9 Å². The Labute approximate surface area is 136 Å². The van der Waals surface area contributed by atoms with Crippen molar-refractivity contribution in [1.29, 1.82) is 0 Å². The molecule has 3 aliphatic carbocycles. The van der Waals surface area contributed by atoms with Gasteiger partial charge in [0.15, 0.2) is 0 Å². The zero-order valence-corrected chi connectivity index (χ0v) is 14.9. The second-order valence-corrected chi connectivity index (χ2v) is 9.07. The summed E-state index contributed by atoms with van der Waals surface area (Å²) in [5, 5.41) is 20.9. The quantitative estimate of drug-likeness (QED) is 0.746. The van der Waals surface area contributed by atoms with E-state index in [0.29, 0.717) is 24.4 Å². The minimum absolute atomic E-state index is 0.0748. The van der Waals surface area contributed by atoms with Crippen LogP contribution in [0.5, 0.6) is 0 Å². The number of hydrogen-bond acceptors (Lipinski definition) is 2. The molecule has 1 saturated carbocycles. The molecule has 2 heteroatoms. The van der Waals surface area contributed by atoms with Gasteiger partial charge in [-0.2, -0.15) is 0 Å². The minimum Gasteiger partial charge on any atom is -0.396 e. The lowest BCUT2D eigenvalue weighted by molar-refractivity contribution is -0.0470. The Kier molecular flexibility index (Phi) is 4.23. The highest BCUT2D eigenvalue weighted by Gasteiger charge is 2.53. The maximum absolute atomic E-state index is 10.9. The molecule has 0 spiro atoms. The zero-order valence-electron chi connectivity index (χ0n) is 14.9. The second kappa shape index (κ2) is 5.63. The standard InChI is InChI=1S/C20H34O2/c1-13(2)14-6-8-16-15(18(14)22)7-9-17-19(3,12-21)10-5-11-20(16,17)4/h13-14,17-18,21-22H,5-12H2,1-4H3/t14-,17?,18?,19-,20+/m0/s1. The van der Waals surface area contributed by atoms with Crippen molar-refractivity contribution in [2.75, 3.05) is 6.61 Å². The molecule has 0 amide bonds. The van der Waals surface area contributed by atoms with E-state index in [9.17, 15) is 10.2 Å². The molecule has 0 heterocycles. The molecule has 0 aromatic rings. The Bertz CT molecular complexity index is 466. The molecular formula is C20H34O2. The van der Waals surface area contributed by atoms with Gasteiger partial charge in [0.25, 0.3) is 0 Å². The summed E-state index contributed by atoms with van der Waals surface area (Å²) < 4.78 is 0. The van der Waals surface area contributed by atoms with Gasteiger partial charge in [0.1, 0.15) is 0 Å². The molecule has 22 heavy (non-hydrogen) atoms. The van der Waals surface area contributed by atoms with Crippen LogP contribution in [0.1, 0.15) is 72.6 Å². The first-order chi connectivity index (χ1) is 10.3. The van der Waals surface area contributed by atoms with E-state index >= 15 is 0 Å². The lowest BCUT2D eigenvalue weighted by Gasteiger charge is -2.57. The molecule has 126 valence electrons. The third kappa shape index (κ3) is 2.29. The summed E-state index contributed by atoms with van der Waals surface area (Å²) in [4.78, 5) is 0. The van der Waals surface area contributed by atoms with E-state index in [2.05, 4.69) is 27.7 Å². The van der Waals surface area contributed by atoms with Gasteiger partial charge in [0.2, 0.25) is 0 Å². The Morgan fingerprint density at radius 2 is 1.86 bits per heavy atom. The average Bonchev–Trinajstić information content (AvgIpc) is 2.47. The molecule has 2 N–H and O–H groups in total. The van der Waals surface area contributed by atoms with Crippen LogP contribution in [0.4, 0.5) is 0 Å². The van der Waals surface area contributed by atoms with Gasteiger partial charge < -0.3 is 10.2 Å². The van der Waals surface area contributed by atoms with Crippen LogP contribution < -0.4 is 0 Å². The van der Waals surface area contributed by atoms with E-state index in [0.717, 1.165) is 25.7 Å². The average molecular weight is 306 g/mol. The van der Waals surface area contributed by atoms with Crippen molar-refractivity contribution in [3.8, 4) is 0 Å². The Morgan fingerprint density at radius 1 is 1.14 bits per heavy atom. The molecule has 1 fully saturated rings. The number of aliphatic hydroxyl groups excluding tert-OH is 2.